The Kier molecular flexibility index (Phi) is 2.90. The number of hydrogen-bond acceptors (Lipinski definition) is 3. The SMILES string of the molecule is COc1cc2cc(C=O)c(=O)n(C)c2cc1Cl. The smallest absolute Gasteiger partial charge is 0.261 e. The monoisotopic (exact) mass is 251 g/mol. The predicted octanol–water partition coefficient (Wildman–Crippen LogP) is 2.01. The first-order chi connectivity index (χ1) is 8.08. The van der Waals surface area contributed by atoms with E-state index in [1.807, 2.05) is 0 Å². The lowest BCUT2D eigenvalue weighted by Gasteiger charge is -2.09. The van der Waals surface area contributed by atoms with E-state index in [-0.39, 0.29) is 11.1 Å². The maximum atomic E-state index is 11.7. The number of benzene rings is 1. The zero-order chi connectivity index (χ0) is 12.6. The summed E-state index contributed by atoms with van der Waals surface area (Å²) >= 11 is 5.99. The van der Waals surface area contributed by atoms with Crippen molar-refractivity contribution in [3.05, 3.63) is 39.1 Å². The van der Waals surface area contributed by atoms with Crippen molar-refractivity contribution >= 4 is 28.8 Å². The van der Waals surface area contributed by atoms with Gasteiger partial charge in [-0.15, -0.1) is 0 Å². The lowest BCUT2D eigenvalue weighted by atomic mass is 10.1. The molecule has 0 aliphatic heterocycles. The van der Waals surface area contributed by atoms with Crippen LogP contribution in [0.25, 0.3) is 10.9 Å². The second-order valence-electron chi connectivity index (χ2n) is 3.63. The average molecular weight is 252 g/mol. The van der Waals surface area contributed by atoms with Gasteiger partial charge in [-0.05, 0) is 18.2 Å². The molecule has 0 saturated heterocycles. The van der Waals surface area contributed by atoms with Crippen molar-refractivity contribution in [3.8, 4) is 5.75 Å². The summed E-state index contributed by atoms with van der Waals surface area (Å²) in [5, 5.41) is 1.16. The molecular weight excluding hydrogens is 242 g/mol. The quantitative estimate of drug-likeness (QED) is 0.767. The molecule has 1 aromatic heterocycles. The second kappa shape index (κ2) is 4.22. The maximum Gasteiger partial charge on any atom is 0.261 e. The van der Waals surface area contributed by atoms with Crippen LogP contribution in [-0.4, -0.2) is 18.0 Å². The van der Waals surface area contributed by atoms with Crippen molar-refractivity contribution in [1.29, 1.82) is 0 Å². The van der Waals surface area contributed by atoms with Crippen LogP contribution in [0.1, 0.15) is 10.4 Å². The first kappa shape index (κ1) is 11.7. The number of aromatic nitrogens is 1. The average Bonchev–Trinajstić information content (AvgIpc) is 2.34. The van der Waals surface area contributed by atoms with Gasteiger partial charge >= 0.3 is 0 Å². The minimum atomic E-state index is -0.339. The summed E-state index contributed by atoms with van der Waals surface area (Å²) in [4.78, 5) is 22.5. The number of aldehydes is 1. The largest absolute Gasteiger partial charge is 0.495 e. The molecule has 0 spiro atoms. The molecule has 2 rings (SSSR count). The van der Waals surface area contributed by atoms with Crippen LogP contribution in [0.2, 0.25) is 5.02 Å². The molecule has 1 heterocycles. The van der Waals surface area contributed by atoms with Crippen LogP contribution < -0.4 is 10.3 Å². The zero-order valence-electron chi connectivity index (χ0n) is 9.36. The molecule has 0 unspecified atom stereocenters. The Morgan fingerprint density at radius 2 is 2.06 bits per heavy atom. The number of carbonyl (C=O) groups is 1. The third kappa shape index (κ3) is 1.80. The second-order valence-corrected chi connectivity index (χ2v) is 4.03. The molecule has 0 atom stereocenters. The van der Waals surface area contributed by atoms with E-state index in [2.05, 4.69) is 0 Å². The number of fused-ring (bicyclic) bond motifs is 1. The molecule has 0 saturated carbocycles. The van der Waals surface area contributed by atoms with Gasteiger partial charge in [0.25, 0.3) is 5.56 Å². The molecule has 4 nitrogen and oxygen atoms in total. The highest BCUT2D eigenvalue weighted by atomic mass is 35.5. The summed E-state index contributed by atoms with van der Waals surface area (Å²) in [5.41, 5.74) is 0.435. The van der Waals surface area contributed by atoms with E-state index in [0.717, 1.165) is 5.39 Å². The van der Waals surface area contributed by atoms with Crippen LogP contribution in [-0.2, 0) is 7.05 Å². The number of carbonyl (C=O) groups excluding carboxylic acids is 1. The van der Waals surface area contributed by atoms with Crippen LogP contribution >= 0.6 is 11.6 Å². The number of rotatable bonds is 2. The normalized spacial score (nSPS) is 10.5. The summed E-state index contributed by atoms with van der Waals surface area (Å²) in [6, 6.07) is 4.87. The molecule has 1 aromatic carbocycles. The Hall–Kier alpha value is -1.81. The van der Waals surface area contributed by atoms with E-state index in [1.54, 1.807) is 19.2 Å². The highest BCUT2D eigenvalue weighted by molar-refractivity contribution is 6.32. The summed E-state index contributed by atoms with van der Waals surface area (Å²) < 4.78 is 6.48. The summed E-state index contributed by atoms with van der Waals surface area (Å²) in [6.45, 7) is 0. The van der Waals surface area contributed by atoms with Crippen molar-refractivity contribution in [1.82, 2.24) is 4.57 Å². The summed E-state index contributed by atoms with van der Waals surface area (Å²) in [7, 11) is 3.11. The fraction of sp³-hybridized carbons (Fsp3) is 0.167. The topological polar surface area (TPSA) is 48.3 Å². The van der Waals surface area contributed by atoms with Gasteiger partial charge in [-0.3, -0.25) is 9.59 Å². The van der Waals surface area contributed by atoms with Gasteiger partial charge in [-0.2, -0.15) is 0 Å². The molecule has 0 bridgehead atoms. The van der Waals surface area contributed by atoms with Gasteiger partial charge in [0.1, 0.15) is 5.75 Å². The zero-order valence-corrected chi connectivity index (χ0v) is 10.1. The molecule has 88 valence electrons. The molecular formula is C12H10ClNO3. The van der Waals surface area contributed by atoms with Gasteiger partial charge in [0.05, 0.1) is 23.2 Å². The number of halogens is 1. The molecule has 0 aliphatic rings. The van der Waals surface area contributed by atoms with Crippen LogP contribution in [0.5, 0.6) is 5.75 Å². The molecule has 0 aliphatic carbocycles. The maximum absolute atomic E-state index is 11.7. The van der Waals surface area contributed by atoms with E-state index in [9.17, 15) is 9.59 Å². The van der Waals surface area contributed by atoms with Crippen molar-refractivity contribution in [2.24, 2.45) is 7.05 Å². The van der Waals surface area contributed by atoms with Crippen LogP contribution in [0, 0.1) is 0 Å². The first-order valence-corrected chi connectivity index (χ1v) is 5.28. The Bertz CT molecular complexity index is 661. The lowest BCUT2D eigenvalue weighted by Crippen LogP contribution is -2.20. The fourth-order valence-electron chi connectivity index (χ4n) is 1.74. The predicted molar refractivity (Wildman–Crippen MR) is 66.1 cm³/mol. The molecule has 0 fully saturated rings. The number of methoxy groups -OCH3 is 1. The first-order valence-electron chi connectivity index (χ1n) is 4.91. The van der Waals surface area contributed by atoms with Crippen molar-refractivity contribution < 1.29 is 9.53 Å². The van der Waals surface area contributed by atoms with Gasteiger partial charge < -0.3 is 9.30 Å². The van der Waals surface area contributed by atoms with Crippen molar-refractivity contribution in [2.45, 2.75) is 0 Å². The Morgan fingerprint density at radius 1 is 1.35 bits per heavy atom. The third-order valence-corrected chi connectivity index (χ3v) is 2.95. The number of hydrogen-bond donors (Lipinski definition) is 0. The number of nitrogens with zero attached hydrogens (tertiary/aromatic N) is 1. The van der Waals surface area contributed by atoms with Crippen LogP contribution in [0.3, 0.4) is 0 Å². The van der Waals surface area contributed by atoms with Gasteiger partial charge in [-0.1, -0.05) is 11.6 Å². The molecule has 0 N–H and O–H groups in total. The minimum absolute atomic E-state index is 0.115. The van der Waals surface area contributed by atoms with E-state index in [0.29, 0.717) is 22.6 Å². The molecule has 2 aromatic rings. The number of aryl methyl sites for hydroxylation is 1. The summed E-state index contributed by atoms with van der Waals surface area (Å²) in [5.74, 6) is 0.509. The lowest BCUT2D eigenvalue weighted by molar-refractivity contribution is 0.112. The van der Waals surface area contributed by atoms with Gasteiger partial charge in [-0.25, -0.2) is 0 Å². The van der Waals surface area contributed by atoms with Gasteiger partial charge in [0, 0.05) is 12.4 Å². The fourth-order valence-corrected chi connectivity index (χ4v) is 1.97. The highest BCUT2D eigenvalue weighted by Gasteiger charge is 2.09. The van der Waals surface area contributed by atoms with Crippen molar-refractivity contribution in [2.75, 3.05) is 7.11 Å². The van der Waals surface area contributed by atoms with Crippen molar-refractivity contribution in [3.63, 3.8) is 0 Å². The molecule has 17 heavy (non-hydrogen) atoms. The highest BCUT2D eigenvalue weighted by Crippen LogP contribution is 2.29. The Morgan fingerprint density at radius 3 is 2.65 bits per heavy atom. The Balaban J connectivity index is 2.92. The van der Waals surface area contributed by atoms with E-state index < -0.39 is 0 Å². The molecule has 5 heteroatoms. The standard InChI is InChI=1S/C12H10ClNO3/c1-14-10-5-9(13)11(17-2)4-7(10)3-8(6-15)12(14)16/h3-6H,1-2H3. The molecule has 0 radical (unpaired) electrons. The van der Waals surface area contributed by atoms with Crippen LogP contribution in [0.4, 0.5) is 0 Å². The van der Waals surface area contributed by atoms with Gasteiger partial charge in [0.2, 0.25) is 0 Å². The number of pyridine rings is 1. The van der Waals surface area contributed by atoms with E-state index >= 15 is 0 Å². The van der Waals surface area contributed by atoms with Gasteiger partial charge in [0.15, 0.2) is 6.29 Å². The van der Waals surface area contributed by atoms with E-state index in [1.165, 1.54) is 17.7 Å². The third-order valence-electron chi connectivity index (χ3n) is 2.65. The summed E-state index contributed by atoms with van der Waals surface area (Å²) in [6.07, 6.45) is 0.545. The Labute approximate surface area is 102 Å². The number of ether oxygens (including phenoxy) is 1. The van der Waals surface area contributed by atoms with E-state index in [4.69, 9.17) is 16.3 Å². The van der Waals surface area contributed by atoms with Crippen LogP contribution in [0.15, 0.2) is 23.0 Å². The molecule has 0 amide bonds. The minimum Gasteiger partial charge on any atom is -0.495 e.